The van der Waals surface area contributed by atoms with E-state index in [-0.39, 0.29) is 5.50 Å². The summed E-state index contributed by atoms with van der Waals surface area (Å²) in [4.78, 5) is 1.30. The lowest BCUT2D eigenvalue weighted by Gasteiger charge is -2.00. The first-order valence-corrected chi connectivity index (χ1v) is 3.44. The molecule has 0 saturated carbocycles. The highest BCUT2D eigenvalue weighted by molar-refractivity contribution is 8.03. The fraction of sp³-hybridized carbons (Fsp3) is 0.600. The monoisotopic (exact) mass is 130 g/mol. The van der Waals surface area contributed by atoms with Gasteiger partial charge in [-0.25, -0.2) is 0 Å². The Balaban J connectivity index is 2.60. The smallest absolute Gasteiger partial charge is 0.127 e. The first-order chi connectivity index (χ1) is 3.70. The molecule has 3 heteroatoms. The van der Waals surface area contributed by atoms with Crippen molar-refractivity contribution in [1.82, 2.24) is 5.32 Å². The highest BCUT2D eigenvalue weighted by Crippen LogP contribution is 2.25. The van der Waals surface area contributed by atoms with Crippen LogP contribution in [0.25, 0.3) is 0 Å². The molecule has 0 spiro atoms. The Morgan fingerprint density at radius 2 is 2.25 bits per heavy atom. The summed E-state index contributed by atoms with van der Waals surface area (Å²) < 4.78 is 0. The van der Waals surface area contributed by atoms with Gasteiger partial charge in [0.1, 0.15) is 5.50 Å². The van der Waals surface area contributed by atoms with Gasteiger partial charge in [-0.15, -0.1) is 0 Å². The highest BCUT2D eigenvalue weighted by Gasteiger charge is 2.12. The number of thioether (sulfide) groups is 1. The zero-order valence-electron chi connectivity index (χ0n) is 5.06. The molecule has 46 valence electrons. The first-order valence-electron chi connectivity index (χ1n) is 2.56. The third-order valence-electron chi connectivity index (χ3n) is 1.19. The molecule has 0 aromatic heterocycles. The summed E-state index contributed by atoms with van der Waals surface area (Å²) in [5.74, 6) is 0. The molecular weight excluding hydrogens is 120 g/mol. The molecule has 3 N–H and O–H groups in total. The SMILES string of the molecule is CC1=C(C)SC(N)N1. The Kier molecular flexibility index (Phi) is 1.49. The lowest BCUT2D eigenvalue weighted by Crippen LogP contribution is -2.28. The molecule has 0 aromatic carbocycles. The van der Waals surface area contributed by atoms with E-state index >= 15 is 0 Å². The minimum atomic E-state index is 0.0926. The summed E-state index contributed by atoms with van der Waals surface area (Å²) in [5.41, 5.74) is 6.83. The van der Waals surface area contributed by atoms with E-state index in [1.807, 2.05) is 6.92 Å². The van der Waals surface area contributed by atoms with Gasteiger partial charge in [0.25, 0.3) is 0 Å². The van der Waals surface area contributed by atoms with Crippen LogP contribution in [-0.2, 0) is 0 Å². The van der Waals surface area contributed by atoms with E-state index in [0.717, 1.165) is 0 Å². The van der Waals surface area contributed by atoms with Crippen molar-refractivity contribution in [3.05, 3.63) is 10.6 Å². The lowest BCUT2D eigenvalue weighted by atomic mass is 10.5. The predicted octanol–water partition coefficient (Wildman–Crippen LogP) is 0.817. The van der Waals surface area contributed by atoms with Crippen molar-refractivity contribution in [1.29, 1.82) is 0 Å². The van der Waals surface area contributed by atoms with Gasteiger partial charge < -0.3 is 11.1 Å². The number of rotatable bonds is 0. The number of hydrogen-bond donors (Lipinski definition) is 2. The molecule has 1 heterocycles. The summed E-state index contributed by atoms with van der Waals surface area (Å²) in [6.45, 7) is 4.11. The van der Waals surface area contributed by atoms with Gasteiger partial charge in [-0.1, -0.05) is 11.8 Å². The second-order valence-corrected chi connectivity index (χ2v) is 3.22. The second kappa shape index (κ2) is 1.99. The van der Waals surface area contributed by atoms with Gasteiger partial charge in [0.2, 0.25) is 0 Å². The minimum Gasteiger partial charge on any atom is -0.364 e. The Morgan fingerprint density at radius 1 is 1.62 bits per heavy atom. The molecular formula is C5H10N2S. The average molecular weight is 130 g/mol. The zero-order chi connectivity index (χ0) is 6.15. The molecule has 0 aromatic rings. The van der Waals surface area contributed by atoms with E-state index in [4.69, 9.17) is 5.73 Å². The van der Waals surface area contributed by atoms with Crippen molar-refractivity contribution in [3.8, 4) is 0 Å². The predicted molar refractivity (Wildman–Crippen MR) is 37.1 cm³/mol. The molecule has 1 unspecified atom stereocenters. The van der Waals surface area contributed by atoms with Gasteiger partial charge in [-0.2, -0.15) is 0 Å². The van der Waals surface area contributed by atoms with Gasteiger partial charge >= 0.3 is 0 Å². The van der Waals surface area contributed by atoms with Crippen molar-refractivity contribution in [3.63, 3.8) is 0 Å². The number of allylic oxidation sites excluding steroid dienone is 2. The maximum atomic E-state index is 5.53. The highest BCUT2D eigenvalue weighted by atomic mass is 32.2. The molecule has 0 bridgehead atoms. The molecule has 8 heavy (non-hydrogen) atoms. The molecule has 0 radical (unpaired) electrons. The summed E-state index contributed by atoms with van der Waals surface area (Å²) in [6.07, 6.45) is 0. The third kappa shape index (κ3) is 0.980. The number of nitrogens with two attached hydrogens (primary N) is 1. The fourth-order valence-electron chi connectivity index (χ4n) is 0.623. The van der Waals surface area contributed by atoms with Crippen LogP contribution in [0.2, 0.25) is 0 Å². The van der Waals surface area contributed by atoms with Gasteiger partial charge in [0, 0.05) is 10.6 Å². The van der Waals surface area contributed by atoms with Crippen LogP contribution in [0, 0.1) is 0 Å². The van der Waals surface area contributed by atoms with Gasteiger partial charge in [0.05, 0.1) is 0 Å². The van der Waals surface area contributed by atoms with Crippen LogP contribution in [0.1, 0.15) is 13.8 Å². The van der Waals surface area contributed by atoms with Gasteiger partial charge in [-0.3, -0.25) is 0 Å². The molecule has 1 atom stereocenters. The quantitative estimate of drug-likeness (QED) is 0.510. The topological polar surface area (TPSA) is 38.0 Å². The Bertz CT molecular complexity index is 116. The molecule has 1 rings (SSSR count). The van der Waals surface area contributed by atoms with Crippen LogP contribution >= 0.6 is 11.8 Å². The van der Waals surface area contributed by atoms with Crippen molar-refractivity contribution >= 4 is 11.8 Å². The molecule has 1 aliphatic heterocycles. The molecule has 2 nitrogen and oxygen atoms in total. The third-order valence-corrected chi connectivity index (χ3v) is 2.22. The molecule has 0 saturated heterocycles. The van der Waals surface area contributed by atoms with E-state index in [9.17, 15) is 0 Å². The Hall–Kier alpha value is -0.150. The van der Waals surface area contributed by atoms with Crippen LogP contribution in [0.4, 0.5) is 0 Å². The summed E-state index contributed by atoms with van der Waals surface area (Å²) in [7, 11) is 0. The van der Waals surface area contributed by atoms with Crippen molar-refractivity contribution < 1.29 is 0 Å². The second-order valence-electron chi connectivity index (χ2n) is 1.86. The number of nitrogens with one attached hydrogen (secondary N) is 1. The average Bonchev–Trinajstić information content (AvgIpc) is 1.85. The van der Waals surface area contributed by atoms with Crippen LogP contribution < -0.4 is 11.1 Å². The number of hydrogen-bond acceptors (Lipinski definition) is 3. The maximum absolute atomic E-state index is 5.53. The Labute approximate surface area is 53.5 Å². The summed E-state index contributed by atoms with van der Waals surface area (Å²) >= 11 is 1.67. The largest absolute Gasteiger partial charge is 0.364 e. The first kappa shape index (κ1) is 5.98. The molecule has 0 amide bonds. The van der Waals surface area contributed by atoms with E-state index in [1.165, 1.54) is 10.6 Å². The van der Waals surface area contributed by atoms with Crippen LogP contribution in [0.3, 0.4) is 0 Å². The van der Waals surface area contributed by atoms with Crippen LogP contribution in [0.5, 0.6) is 0 Å². The molecule has 0 fully saturated rings. The molecule has 1 aliphatic rings. The van der Waals surface area contributed by atoms with Gasteiger partial charge in [0.15, 0.2) is 0 Å². The normalized spacial score (nSPS) is 28.6. The van der Waals surface area contributed by atoms with Gasteiger partial charge in [-0.05, 0) is 13.8 Å². The van der Waals surface area contributed by atoms with E-state index in [1.54, 1.807) is 11.8 Å². The van der Waals surface area contributed by atoms with E-state index in [0.29, 0.717) is 0 Å². The Morgan fingerprint density at radius 3 is 2.38 bits per heavy atom. The zero-order valence-corrected chi connectivity index (χ0v) is 5.88. The molecule has 0 aliphatic carbocycles. The fourth-order valence-corrected chi connectivity index (χ4v) is 1.48. The van der Waals surface area contributed by atoms with Crippen LogP contribution in [-0.4, -0.2) is 5.50 Å². The van der Waals surface area contributed by atoms with Crippen LogP contribution in [0.15, 0.2) is 10.6 Å². The summed E-state index contributed by atoms with van der Waals surface area (Å²) in [6, 6.07) is 0. The standard InChI is InChI=1S/C5H10N2S/c1-3-4(2)8-5(6)7-3/h5,7H,6H2,1-2H3. The van der Waals surface area contributed by atoms with E-state index in [2.05, 4.69) is 12.2 Å². The van der Waals surface area contributed by atoms with Crippen molar-refractivity contribution in [2.45, 2.75) is 19.3 Å². The minimum absolute atomic E-state index is 0.0926. The van der Waals surface area contributed by atoms with Crippen molar-refractivity contribution in [2.75, 3.05) is 0 Å². The van der Waals surface area contributed by atoms with E-state index < -0.39 is 0 Å². The summed E-state index contributed by atoms with van der Waals surface area (Å²) in [5, 5.41) is 3.09. The van der Waals surface area contributed by atoms with Crippen molar-refractivity contribution in [2.24, 2.45) is 5.73 Å². The maximum Gasteiger partial charge on any atom is 0.127 e. The lowest BCUT2D eigenvalue weighted by molar-refractivity contribution is 0.789.